The molecule has 0 aromatic heterocycles. The summed E-state index contributed by atoms with van der Waals surface area (Å²) in [5.74, 6) is -2.37. The molecule has 3 N–H and O–H groups in total. The van der Waals surface area contributed by atoms with E-state index in [1.807, 2.05) is 0 Å². The quantitative estimate of drug-likeness (QED) is 0.771. The molecular weight excluding hydrogens is 301 g/mol. The maximum atomic E-state index is 13.7. The zero-order valence-corrected chi connectivity index (χ0v) is 11.9. The number of nitrogens with one attached hydrogen (secondary N) is 1. The van der Waals surface area contributed by atoms with Crippen LogP contribution in [0, 0.1) is 5.82 Å². The van der Waals surface area contributed by atoms with Crippen LogP contribution in [-0.2, 0) is 10.0 Å². The molecule has 2 unspecified atom stereocenters. The minimum Gasteiger partial charge on any atom is -0.478 e. The molecule has 0 spiro atoms. The summed E-state index contributed by atoms with van der Waals surface area (Å²) in [6.45, 7) is 0. The molecule has 0 saturated heterocycles. The molecule has 1 aromatic carbocycles. The molecule has 8 heteroatoms. The van der Waals surface area contributed by atoms with Crippen molar-refractivity contribution in [2.24, 2.45) is 0 Å². The lowest BCUT2D eigenvalue weighted by atomic mass is 9.93. The maximum Gasteiger partial charge on any atom is 0.335 e. The minimum absolute atomic E-state index is 0.319. The zero-order chi connectivity index (χ0) is 15.6. The summed E-state index contributed by atoms with van der Waals surface area (Å²) >= 11 is 0. The highest BCUT2D eigenvalue weighted by molar-refractivity contribution is 7.89. The summed E-state index contributed by atoms with van der Waals surface area (Å²) in [4.78, 5) is 10.1. The van der Waals surface area contributed by atoms with Gasteiger partial charge in [0.25, 0.3) is 0 Å². The van der Waals surface area contributed by atoms with Crippen molar-refractivity contribution >= 4 is 16.0 Å². The summed E-state index contributed by atoms with van der Waals surface area (Å²) in [7, 11) is -4.23. The van der Waals surface area contributed by atoms with Gasteiger partial charge in [-0.1, -0.05) is 12.8 Å². The van der Waals surface area contributed by atoms with Crippen molar-refractivity contribution < 1.29 is 27.8 Å². The Bertz CT molecular complexity index is 646. The van der Waals surface area contributed by atoms with Gasteiger partial charge in [0, 0.05) is 6.04 Å². The summed E-state index contributed by atoms with van der Waals surface area (Å²) in [5.41, 5.74) is -0.319. The fourth-order valence-corrected chi connectivity index (χ4v) is 3.76. The maximum absolute atomic E-state index is 13.7. The molecule has 1 aliphatic rings. The number of halogens is 1. The van der Waals surface area contributed by atoms with Crippen LogP contribution >= 0.6 is 0 Å². The Morgan fingerprint density at radius 3 is 2.57 bits per heavy atom. The summed E-state index contributed by atoms with van der Waals surface area (Å²) in [6.07, 6.45) is 1.69. The SMILES string of the molecule is O=C(O)c1ccc(F)c(S(=O)(=O)NC2CCCCC2O)c1. The van der Waals surface area contributed by atoms with Crippen molar-refractivity contribution in [1.29, 1.82) is 0 Å². The minimum atomic E-state index is -4.23. The molecular formula is C13H16FNO5S. The molecule has 0 heterocycles. The van der Waals surface area contributed by atoms with E-state index in [0.29, 0.717) is 12.8 Å². The molecule has 1 saturated carbocycles. The van der Waals surface area contributed by atoms with Crippen molar-refractivity contribution in [2.75, 3.05) is 0 Å². The van der Waals surface area contributed by atoms with E-state index < -0.39 is 38.9 Å². The Morgan fingerprint density at radius 2 is 1.95 bits per heavy atom. The number of carboxylic acid groups (broad SMARTS) is 1. The number of rotatable bonds is 4. The Morgan fingerprint density at radius 1 is 1.29 bits per heavy atom. The number of hydrogen-bond donors (Lipinski definition) is 3. The highest BCUT2D eigenvalue weighted by atomic mass is 32.2. The van der Waals surface area contributed by atoms with Crippen LogP contribution in [0.1, 0.15) is 36.0 Å². The van der Waals surface area contributed by atoms with Crippen LogP contribution in [0.15, 0.2) is 23.1 Å². The number of aliphatic hydroxyl groups is 1. The number of aliphatic hydroxyl groups excluding tert-OH is 1. The summed E-state index contributed by atoms with van der Waals surface area (Å²) < 4.78 is 40.3. The molecule has 116 valence electrons. The average Bonchev–Trinajstić information content (AvgIpc) is 2.41. The van der Waals surface area contributed by atoms with E-state index >= 15 is 0 Å². The second-order valence-corrected chi connectivity index (χ2v) is 6.71. The zero-order valence-electron chi connectivity index (χ0n) is 11.1. The predicted molar refractivity (Wildman–Crippen MR) is 71.9 cm³/mol. The van der Waals surface area contributed by atoms with Crippen LogP contribution < -0.4 is 4.72 Å². The number of carbonyl (C=O) groups is 1. The largest absolute Gasteiger partial charge is 0.478 e. The molecule has 0 amide bonds. The van der Waals surface area contributed by atoms with Crippen molar-refractivity contribution in [2.45, 2.75) is 42.7 Å². The van der Waals surface area contributed by atoms with Crippen LogP contribution in [0.5, 0.6) is 0 Å². The van der Waals surface area contributed by atoms with Gasteiger partial charge in [-0.2, -0.15) is 0 Å². The van der Waals surface area contributed by atoms with E-state index in [-0.39, 0.29) is 5.56 Å². The first kappa shape index (κ1) is 15.9. The van der Waals surface area contributed by atoms with Crippen LogP contribution in [0.4, 0.5) is 4.39 Å². The average molecular weight is 317 g/mol. The molecule has 2 rings (SSSR count). The fourth-order valence-electron chi connectivity index (χ4n) is 2.35. The first-order valence-electron chi connectivity index (χ1n) is 6.54. The smallest absolute Gasteiger partial charge is 0.335 e. The van der Waals surface area contributed by atoms with E-state index in [9.17, 15) is 22.7 Å². The van der Waals surface area contributed by atoms with Gasteiger partial charge in [-0.25, -0.2) is 22.3 Å². The van der Waals surface area contributed by atoms with Crippen LogP contribution in [0.25, 0.3) is 0 Å². The van der Waals surface area contributed by atoms with E-state index in [1.54, 1.807) is 0 Å². The fraction of sp³-hybridized carbons (Fsp3) is 0.462. The third-order valence-corrected chi connectivity index (χ3v) is 5.01. The lowest BCUT2D eigenvalue weighted by Crippen LogP contribution is -2.45. The molecule has 21 heavy (non-hydrogen) atoms. The molecule has 1 aliphatic carbocycles. The van der Waals surface area contributed by atoms with E-state index in [2.05, 4.69) is 4.72 Å². The van der Waals surface area contributed by atoms with Gasteiger partial charge in [0.1, 0.15) is 10.7 Å². The Kier molecular flexibility index (Phi) is 4.60. The number of carboxylic acids is 1. The molecule has 1 fully saturated rings. The topological polar surface area (TPSA) is 104 Å². The van der Waals surface area contributed by atoms with Crippen LogP contribution in [0.2, 0.25) is 0 Å². The van der Waals surface area contributed by atoms with Gasteiger partial charge >= 0.3 is 5.97 Å². The second-order valence-electron chi connectivity index (χ2n) is 5.03. The van der Waals surface area contributed by atoms with Gasteiger partial charge in [0.2, 0.25) is 10.0 Å². The molecule has 6 nitrogen and oxygen atoms in total. The van der Waals surface area contributed by atoms with E-state index in [0.717, 1.165) is 31.0 Å². The lowest BCUT2D eigenvalue weighted by Gasteiger charge is -2.28. The van der Waals surface area contributed by atoms with Crippen LogP contribution in [0.3, 0.4) is 0 Å². The highest BCUT2D eigenvalue weighted by Gasteiger charge is 2.30. The third kappa shape index (κ3) is 3.58. The van der Waals surface area contributed by atoms with Crippen LogP contribution in [-0.4, -0.2) is 36.7 Å². The summed E-state index contributed by atoms with van der Waals surface area (Å²) in [5, 5.41) is 18.6. The highest BCUT2D eigenvalue weighted by Crippen LogP contribution is 2.22. The first-order valence-corrected chi connectivity index (χ1v) is 8.03. The van der Waals surface area contributed by atoms with Crippen molar-refractivity contribution in [3.63, 3.8) is 0 Å². The third-order valence-electron chi connectivity index (χ3n) is 3.50. The molecule has 0 radical (unpaired) electrons. The Labute approximate surface area is 121 Å². The lowest BCUT2D eigenvalue weighted by molar-refractivity contribution is 0.0696. The van der Waals surface area contributed by atoms with Crippen molar-refractivity contribution in [1.82, 2.24) is 4.72 Å². The monoisotopic (exact) mass is 317 g/mol. The second kappa shape index (κ2) is 6.08. The molecule has 1 aromatic rings. The van der Waals surface area contributed by atoms with Gasteiger partial charge in [0.05, 0.1) is 11.7 Å². The number of hydrogen-bond acceptors (Lipinski definition) is 4. The molecule has 0 aliphatic heterocycles. The Balaban J connectivity index is 2.30. The van der Waals surface area contributed by atoms with Crippen molar-refractivity contribution in [3.05, 3.63) is 29.6 Å². The normalized spacial score (nSPS) is 23.0. The van der Waals surface area contributed by atoms with Crippen molar-refractivity contribution in [3.8, 4) is 0 Å². The van der Waals surface area contributed by atoms with Gasteiger partial charge in [-0.3, -0.25) is 0 Å². The first-order chi connectivity index (χ1) is 9.81. The number of sulfonamides is 1. The Hall–Kier alpha value is -1.51. The number of aromatic carboxylic acids is 1. The van der Waals surface area contributed by atoms with Gasteiger partial charge in [-0.15, -0.1) is 0 Å². The van der Waals surface area contributed by atoms with E-state index in [4.69, 9.17) is 5.11 Å². The number of benzene rings is 1. The predicted octanol–water partition coefficient (Wildman–Crippen LogP) is 1.11. The van der Waals surface area contributed by atoms with Gasteiger partial charge < -0.3 is 10.2 Å². The molecule has 2 atom stereocenters. The van der Waals surface area contributed by atoms with E-state index in [1.165, 1.54) is 0 Å². The molecule has 0 bridgehead atoms. The summed E-state index contributed by atoms with van der Waals surface area (Å²) in [6, 6.07) is 1.88. The standard InChI is InChI=1S/C13H16FNO5S/c14-9-6-5-8(13(17)18)7-12(9)21(19,20)15-10-3-1-2-4-11(10)16/h5-7,10-11,15-16H,1-4H2,(H,17,18). The van der Waals surface area contributed by atoms with Gasteiger partial charge in [-0.05, 0) is 31.0 Å². The van der Waals surface area contributed by atoms with Gasteiger partial charge in [0.15, 0.2) is 0 Å².